The van der Waals surface area contributed by atoms with E-state index in [1.165, 1.54) is 0 Å². The number of rotatable bonds is 2. The molecule has 94 valence electrons. The van der Waals surface area contributed by atoms with Crippen LogP contribution in [0.4, 0.5) is 0 Å². The van der Waals surface area contributed by atoms with Gasteiger partial charge < -0.3 is 11.1 Å². The second-order valence-corrected chi connectivity index (χ2v) is 6.37. The largest absolute Gasteiger partial charge is 0.355 e. The lowest BCUT2D eigenvalue weighted by Gasteiger charge is -2.33. The molecule has 0 heterocycles. The van der Waals surface area contributed by atoms with Gasteiger partial charge in [-0.15, -0.1) is 0 Å². The third-order valence-corrected chi connectivity index (χ3v) is 3.43. The Hall–Kier alpha value is -0.570. The summed E-state index contributed by atoms with van der Waals surface area (Å²) in [6, 6.07) is 0.0359. The van der Waals surface area contributed by atoms with Gasteiger partial charge in [-0.2, -0.15) is 0 Å². The molecule has 0 unspecified atom stereocenters. The van der Waals surface area contributed by atoms with Crippen LogP contribution in [0.3, 0.4) is 0 Å². The second-order valence-electron chi connectivity index (χ2n) is 6.37. The van der Waals surface area contributed by atoms with Gasteiger partial charge in [0.05, 0.1) is 5.92 Å². The molecule has 0 radical (unpaired) electrons. The van der Waals surface area contributed by atoms with Gasteiger partial charge in [0.2, 0.25) is 5.91 Å². The van der Waals surface area contributed by atoms with Crippen LogP contribution >= 0.6 is 0 Å². The number of carbonyl (C=O) groups is 1. The van der Waals surface area contributed by atoms with E-state index in [-0.39, 0.29) is 23.3 Å². The first-order chi connectivity index (χ1) is 7.31. The molecule has 3 atom stereocenters. The normalized spacial score (nSPS) is 31.2. The Bertz CT molecular complexity index is 245. The summed E-state index contributed by atoms with van der Waals surface area (Å²) in [6.07, 6.45) is 3.23. The first-order valence-electron chi connectivity index (χ1n) is 6.34. The molecule has 3 N–H and O–H groups in total. The van der Waals surface area contributed by atoms with Crippen molar-refractivity contribution in [3.63, 3.8) is 0 Å². The fourth-order valence-corrected chi connectivity index (χ4v) is 2.23. The Kier molecular flexibility index (Phi) is 4.36. The topological polar surface area (TPSA) is 55.1 Å². The van der Waals surface area contributed by atoms with Crippen LogP contribution in [0.15, 0.2) is 0 Å². The zero-order valence-corrected chi connectivity index (χ0v) is 11.0. The highest BCUT2D eigenvalue weighted by atomic mass is 16.1. The number of hydrogen-bond acceptors (Lipinski definition) is 2. The average Bonchev–Trinajstić information content (AvgIpc) is 2.17. The minimum Gasteiger partial charge on any atom is -0.355 e. The zero-order chi connectivity index (χ0) is 12.3. The van der Waals surface area contributed by atoms with Crippen LogP contribution < -0.4 is 11.1 Å². The fourth-order valence-electron chi connectivity index (χ4n) is 2.23. The van der Waals surface area contributed by atoms with E-state index < -0.39 is 0 Å². The summed E-state index contributed by atoms with van der Waals surface area (Å²) in [5.74, 6) is 0.638. The lowest BCUT2D eigenvalue weighted by atomic mass is 9.77. The Morgan fingerprint density at radius 1 is 1.38 bits per heavy atom. The minimum absolute atomic E-state index is 0.0195. The molecular weight excluding hydrogens is 200 g/mol. The first-order valence-corrected chi connectivity index (χ1v) is 6.34. The van der Waals surface area contributed by atoms with Crippen molar-refractivity contribution in [1.82, 2.24) is 5.32 Å². The van der Waals surface area contributed by atoms with Crippen molar-refractivity contribution in [1.29, 1.82) is 0 Å². The van der Waals surface area contributed by atoms with Gasteiger partial charge in [-0.05, 0) is 24.2 Å². The van der Waals surface area contributed by atoms with Crippen molar-refractivity contribution >= 4 is 5.91 Å². The maximum absolute atomic E-state index is 12.0. The van der Waals surface area contributed by atoms with Gasteiger partial charge in [-0.25, -0.2) is 0 Å². The Morgan fingerprint density at radius 3 is 2.56 bits per heavy atom. The highest BCUT2D eigenvalue weighted by Gasteiger charge is 2.32. The van der Waals surface area contributed by atoms with Crippen molar-refractivity contribution in [2.24, 2.45) is 23.0 Å². The summed E-state index contributed by atoms with van der Waals surface area (Å²) < 4.78 is 0. The van der Waals surface area contributed by atoms with Crippen molar-refractivity contribution in [2.75, 3.05) is 6.54 Å². The Morgan fingerprint density at radius 2 is 2.00 bits per heavy atom. The smallest absolute Gasteiger partial charge is 0.224 e. The van der Waals surface area contributed by atoms with Crippen molar-refractivity contribution < 1.29 is 4.79 Å². The number of carbonyl (C=O) groups excluding carboxylic acids is 1. The van der Waals surface area contributed by atoms with E-state index in [1.54, 1.807) is 0 Å². The van der Waals surface area contributed by atoms with Gasteiger partial charge in [0.1, 0.15) is 0 Å². The van der Waals surface area contributed by atoms with E-state index in [0.717, 1.165) is 25.8 Å². The highest BCUT2D eigenvalue weighted by molar-refractivity contribution is 5.79. The summed E-state index contributed by atoms with van der Waals surface area (Å²) in [5.41, 5.74) is 6.24. The molecule has 3 nitrogen and oxygen atoms in total. The molecule has 1 saturated carbocycles. The van der Waals surface area contributed by atoms with Crippen LogP contribution in [0.1, 0.15) is 47.0 Å². The monoisotopic (exact) mass is 226 g/mol. The summed E-state index contributed by atoms with van der Waals surface area (Å²) in [6.45, 7) is 9.24. The molecule has 1 aliphatic rings. The predicted octanol–water partition coefficient (Wildman–Crippen LogP) is 1.91. The molecule has 1 rings (SSSR count). The third-order valence-electron chi connectivity index (χ3n) is 3.43. The van der Waals surface area contributed by atoms with E-state index in [1.807, 2.05) is 0 Å². The summed E-state index contributed by atoms with van der Waals surface area (Å²) in [5, 5.41) is 3.02. The molecule has 16 heavy (non-hydrogen) atoms. The van der Waals surface area contributed by atoms with E-state index in [2.05, 4.69) is 33.0 Å². The molecule has 3 heteroatoms. The maximum atomic E-state index is 12.0. The van der Waals surface area contributed by atoms with Crippen LogP contribution in [0.2, 0.25) is 0 Å². The molecule has 0 aromatic carbocycles. The SMILES string of the molecule is C[C@H]1CCC[C@H](C(=O)NCC(C)(C)C)[C@@H]1N. The molecule has 0 bridgehead atoms. The van der Waals surface area contributed by atoms with E-state index >= 15 is 0 Å². The van der Waals surface area contributed by atoms with Crippen LogP contribution in [0, 0.1) is 17.3 Å². The Labute approximate surface area is 99.2 Å². The van der Waals surface area contributed by atoms with Gasteiger partial charge in [0.15, 0.2) is 0 Å². The van der Waals surface area contributed by atoms with E-state index in [4.69, 9.17) is 5.73 Å². The van der Waals surface area contributed by atoms with Crippen LogP contribution in [0.25, 0.3) is 0 Å². The average molecular weight is 226 g/mol. The fraction of sp³-hybridized carbons (Fsp3) is 0.923. The van der Waals surface area contributed by atoms with Crippen molar-refractivity contribution in [3.05, 3.63) is 0 Å². The molecule has 0 aromatic rings. The number of hydrogen-bond donors (Lipinski definition) is 2. The molecular formula is C13H26N2O. The summed E-state index contributed by atoms with van der Waals surface area (Å²) in [7, 11) is 0. The zero-order valence-electron chi connectivity index (χ0n) is 11.0. The molecule has 1 aliphatic carbocycles. The highest BCUT2D eigenvalue weighted by Crippen LogP contribution is 2.28. The van der Waals surface area contributed by atoms with Crippen LogP contribution in [-0.4, -0.2) is 18.5 Å². The Balaban J connectivity index is 2.47. The van der Waals surface area contributed by atoms with Crippen molar-refractivity contribution in [3.8, 4) is 0 Å². The molecule has 0 spiro atoms. The van der Waals surface area contributed by atoms with E-state index in [9.17, 15) is 4.79 Å². The molecule has 1 fully saturated rings. The summed E-state index contributed by atoms with van der Waals surface area (Å²) >= 11 is 0. The number of nitrogens with two attached hydrogens (primary N) is 1. The first kappa shape index (κ1) is 13.5. The van der Waals surface area contributed by atoms with Crippen molar-refractivity contribution in [2.45, 2.75) is 53.0 Å². The lowest BCUT2D eigenvalue weighted by Crippen LogP contribution is -2.48. The molecule has 1 amide bonds. The second kappa shape index (κ2) is 5.17. The van der Waals surface area contributed by atoms with Gasteiger partial charge in [0, 0.05) is 12.6 Å². The molecule has 0 saturated heterocycles. The minimum atomic E-state index is 0.0195. The predicted molar refractivity (Wildman–Crippen MR) is 66.9 cm³/mol. The van der Waals surface area contributed by atoms with Gasteiger partial charge in [-0.3, -0.25) is 4.79 Å². The van der Waals surface area contributed by atoms with Gasteiger partial charge >= 0.3 is 0 Å². The third kappa shape index (κ3) is 3.78. The van der Waals surface area contributed by atoms with E-state index in [0.29, 0.717) is 5.92 Å². The maximum Gasteiger partial charge on any atom is 0.224 e. The van der Waals surface area contributed by atoms with Crippen LogP contribution in [0.5, 0.6) is 0 Å². The van der Waals surface area contributed by atoms with Gasteiger partial charge in [0.25, 0.3) is 0 Å². The van der Waals surface area contributed by atoms with Gasteiger partial charge in [-0.1, -0.05) is 34.1 Å². The summed E-state index contributed by atoms with van der Waals surface area (Å²) in [4.78, 5) is 12.0. The molecule has 0 aliphatic heterocycles. The lowest BCUT2D eigenvalue weighted by molar-refractivity contribution is -0.127. The molecule has 0 aromatic heterocycles. The standard InChI is InChI=1S/C13H26N2O/c1-9-6-5-7-10(11(9)14)12(16)15-8-13(2,3)4/h9-11H,5-8,14H2,1-4H3,(H,15,16)/t9-,10-,11+/m0/s1. The number of nitrogens with one attached hydrogen (secondary N) is 1. The van der Waals surface area contributed by atoms with Crippen LogP contribution in [-0.2, 0) is 4.79 Å². The quantitative estimate of drug-likeness (QED) is 0.755. The number of amides is 1.